The minimum atomic E-state index is -3.18. The van der Waals surface area contributed by atoms with Crippen LogP contribution in [0.1, 0.15) is 12.6 Å². The molecule has 0 spiro atoms. The Morgan fingerprint density at radius 2 is 2.24 bits per heavy atom. The maximum absolute atomic E-state index is 12.1. The van der Waals surface area contributed by atoms with Crippen LogP contribution in [0.15, 0.2) is 17.6 Å². The van der Waals surface area contributed by atoms with Gasteiger partial charge in [0, 0.05) is 32.3 Å². The summed E-state index contributed by atoms with van der Waals surface area (Å²) in [5.41, 5.74) is 1.34. The Morgan fingerprint density at radius 3 is 2.86 bits per heavy atom. The molecule has 2 rings (SSSR count). The molecule has 0 saturated carbocycles. The first kappa shape index (κ1) is 16.1. The quantitative estimate of drug-likeness (QED) is 0.773. The molecule has 116 valence electrons. The van der Waals surface area contributed by atoms with E-state index in [4.69, 9.17) is 4.74 Å². The minimum absolute atomic E-state index is 0.0195. The first-order valence-electron chi connectivity index (χ1n) is 6.53. The summed E-state index contributed by atoms with van der Waals surface area (Å²) in [7, 11) is 0.224. The molecule has 0 radical (unpaired) electrons. The lowest BCUT2D eigenvalue weighted by atomic mass is 10.2. The largest absolute Gasteiger partial charge is 0.384 e. The van der Waals surface area contributed by atoms with E-state index in [9.17, 15) is 8.42 Å². The molecule has 0 N–H and O–H groups in total. The Morgan fingerprint density at radius 1 is 1.48 bits per heavy atom. The highest BCUT2D eigenvalue weighted by Gasteiger charge is 2.19. The van der Waals surface area contributed by atoms with Crippen molar-refractivity contribution in [2.75, 3.05) is 19.5 Å². The summed E-state index contributed by atoms with van der Waals surface area (Å²) in [6.07, 6.45) is 1.83. The van der Waals surface area contributed by atoms with E-state index in [1.54, 1.807) is 17.2 Å². The summed E-state index contributed by atoms with van der Waals surface area (Å²) in [4.78, 5) is 4.36. The van der Waals surface area contributed by atoms with Crippen molar-refractivity contribution in [2.24, 2.45) is 13.0 Å². The summed E-state index contributed by atoms with van der Waals surface area (Å²) >= 11 is 1.41. The van der Waals surface area contributed by atoms with E-state index in [0.717, 1.165) is 10.7 Å². The van der Waals surface area contributed by atoms with Gasteiger partial charge < -0.3 is 4.74 Å². The molecule has 21 heavy (non-hydrogen) atoms. The highest BCUT2D eigenvalue weighted by Crippen LogP contribution is 2.23. The molecule has 0 aliphatic carbocycles. The highest BCUT2D eigenvalue weighted by atomic mass is 32.2. The predicted octanol–water partition coefficient (Wildman–Crippen LogP) is 1.74. The van der Waals surface area contributed by atoms with E-state index in [2.05, 4.69) is 10.1 Å². The summed E-state index contributed by atoms with van der Waals surface area (Å²) < 4.78 is 30.9. The molecule has 0 bridgehead atoms. The Hall–Kier alpha value is -1.25. The molecule has 0 saturated heterocycles. The van der Waals surface area contributed by atoms with Crippen LogP contribution in [0.25, 0.3) is 10.7 Å². The van der Waals surface area contributed by atoms with E-state index in [0.29, 0.717) is 12.3 Å². The van der Waals surface area contributed by atoms with E-state index in [1.165, 1.54) is 11.3 Å². The van der Waals surface area contributed by atoms with Gasteiger partial charge in [0.15, 0.2) is 9.84 Å². The molecular formula is C13H19N3O3S2. The van der Waals surface area contributed by atoms with Gasteiger partial charge >= 0.3 is 0 Å². The van der Waals surface area contributed by atoms with Crippen LogP contribution in [0, 0.1) is 5.92 Å². The molecule has 0 amide bonds. The standard InChI is InChI=1S/C13H19N3O3S2/c1-10(6-19-3)8-21(17,18)9-11-7-20-13(14-11)12-4-5-16(2)15-12/h4-5,7,10H,6,8-9H2,1-3H3. The smallest absolute Gasteiger partial charge is 0.156 e. The van der Waals surface area contributed by atoms with Gasteiger partial charge in [0.05, 0.1) is 17.2 Å². The number of thiazole rings is 1. The molecule has 0 aliphatic heterocycles. The van der Waals surface area contributed by atoms with Crippen LogP contribution in [0.4, 0.5) is 0 Å². The zero-order valence-electron chi connectivity index (χ0n) is 12.3. The van der Waals surface area contributed by atoms with E-state index < -0.39 is 9.84 Å². The van der Waals surface area contributed by atoms with Crippen molar-refractivity contribution < 1.29 is 13.2 Å². The van der Waals surface area contributed by atoms with Crippen molar-refractivity contribution in [3.63, 3.8) is 0 Å². The van der Waals surface area contributed by atoms with Crippen LogP contribution in [0.3, 0.4) is 0 Å². The lowest BCUT2D eigenvalue weighted by Gasteiger charge is -2.09. The number of ether oxygens (including phenoxy) is 1. The summed E-state index contributed by atoms with van der Waals surface area (Å²) in [6, 6.07) is 1.86. The number of rotatable bonds is 7. The SMILES string of the molecule is COCC(C)CS(=O)(=O)Cc1csc(-c2ccn(C)n2)n1. The monoisotopic (exact) mass is 329 g/mol. The fourth-order valence-electron chi connectivity index (χ4n) is 2.07. The van der Waals surface area contributed by atoms with Crippen molar-refractivity contribution in [3.8, 4) is 10.7 Å². The zero-order chi connectivity index (χ0) is 15.5. The topological polar surface area (TPSA) is 74.1 Å². The average Bonchev–Trinajstić information content (AvgIpc) is 2.97. The van der Waals surface area contributed by atoms with Crippen molar-refractivity contribution >= 4 is 21.2 Å². The van der Waals surface area contributed by atoms with Crippen molar-refractivity contribution in [2.45, 2.75) is 12.7 Å². The second-order valence-electron chi connectivity index (χ2n) is 5.13. The number of hydrogen-bond acceptors (Lipinski definition) is 6. The van der Waals surface area contributed by atoms with Crippen LogP contribution in [-0.2, 0) is 27.4 Å². The van der Waals surface area contributed by atoms with Gasteiger partial charge in [-0.05, 0) is 12.0 Å². The molecule has 2 aromatic heterocycles. The highest BCUT2D eigenvalue weighted by molar-refractivity contribution is 7.90. The number of aryl methyl sites for hydroxylation is 1. The first-order valence-corrected chi connectivity index (χ1v) is 9.23. The fraction of sp³-hybridized carbons (Fsp3) is 0.538. The molecule has 0 fully saturated rings. The third-order valence-corrected chi connectivity index (χ3v) is 5.57. The van der Waals surface area contributed by atoms with E-state index in [-0.39, 0.29) is 17.4 Å². The second-order valence-corrected chi connectivity index (χ2v) is 8.10. The normalized spacial score (nSPS) is 13.5. The van der Waals surface area contributed by atoms with Gasteiger partial charge in [0.2, 0.25) is 0 Å². The molecule has 0 aromatic carbocycles. The Bertz CT molecular complexity index is 691. The lowest BCUT2D eigenvalue weighted by molar-refractivity contribution is 0.167. The van der Waals surface area contributed by atoms with Gasteiger partial charge in [-0.3, -0.25) is 4.68 Å². The van der Waals surface area contributed by atoms with Crippen LogP contribution < -0.4 is 0 Å². The fourth-order valence-corrected chi connectivity index (χ4v) is 4.64. The zero-order valence-corrected chi connectivity index (χ0v) is 13.9. The number of aromatic nitrogens is 3. The molecule has 1 unspecified atom stereocenters. The second kappa shape index (κ2) is 6.67. The van der Waals surface area contributed by atoms with Gasteiger partial charge in [0.25, 0.3) is 0 Å². The molecular weight excluding hydrogens is 310 g/mol. The third kappa shape index (κ3) is 4.62. The summed E-state index contributed by atoms with van der Waals surface area (Å²) in [5.74, 6) is 0.0516. The number of sulfone groups is 1. The number of methoxy groups -OCH3 is 1. The summed E-state index contributed by atoms with van der Waals surface area (Å²) in [6.45, 7) is 2.30. The average molecular weight is 329 g/mol. The Balaban J connectivity index is 2.05. The molecule has 2 heterocycles. The number of nitrogens with zero attached hydrogens (tertiary/aromatic N) is 3. The predicted molar refractivity (Wildman–Crippen MR) is 82.8 cm³/mol. The molecule has 0 aliphatic rings. The maximum atomic E-state index is 12.1. The Kier molecular flexibility index (Phi) is 5.13. The van der Waals surface area contributed by atoms with Gasteiger partial charge in [-0.25, -0.2) is 13.4 Å². The van der Waals surface area contributed by atoms with Crippen LogP contribution in [0.5, 0.6) is 0 Å². The minimum Gasteiger partial charge on any atom is -0.384 e. The number of hydrogen-bond donors (Lipinski definition) is 0. The van der Waals surface area contributed by atoms with Crippen LogP contribution in [-0.4, -0.2) is 42.7 Å². The lowest BCUT2D eigenvalue weighted by Crippen LogP contribution is -2.19. The van der Waals surface area contributed by atoms with Crippen LogP contribution in [0.2, 0.25) is 0 Å². The first-order chi connectivity index (χ1) is 9.89. The van der Waals surface area contributed by atoms with Gasteiger partial charge in [-0.1, -0.05) is 6.92 Å². The van der Waals surface area contributed by atoms with Crippen LogP contribution >= 0.6 is 11.3 Å². The van der Waals surface area contributed by atoms with E-state index >= 15 is 0 Å². The van der Waals surface area contributed by atoms with Gasteiger partial charge in [0.1, 0.15) is 10.7 Å². The van der Waals surface area contributed by atoms with Crippen molar-refractivity contribution in [1.82, 2.24) is 14.8 Å². The van der Waals surface area contributed by atoms with Crippen molar-refractivity contribution in [3.05, 3.63) is 23.3 Å². The Labute approximate surface area is 128 Å². The van der Waals surface area contributed by atoms with Gasteiger partial charge in [-0.2, -0.15) is 5.10 Å². The van der Waals surface area contributed by atoms with E-state index in [1.807, 2.05) is 26.2 Å². The van der Waals surface area contributed by atoms with Gasteiger partial charge in [-0.15, -0.1) is 11.3 Å². The summed E-state index contributed by atoms with van der Waals surface area (Å²) in [5, 5.41) is 6.78. The molecule has 6 nitrogen and oxygen atoms in total. The molecule has 1 atom stereocenters. The van der Waals surface area contributed by atoms with Crippen molar-refractivity contribution in [1.29, 1.82) is 0 Å². The molecule has 2 aromatic rings. The molecule has 8 heteroatoms. The third-order valence-electron chi connectivity index (χ3n) is 2.84. The maximum Gasteiger partial charge on any atom is 0.156 e.